The van der Waals surface area contributed by atoms with Crippen LogP contribution in [0.1, 0.15) is 329 Å². The van der Waals surface area contributed by atoms with Gasteiger partial charge in [0.2, 0.25) is 0 Å². The Morgan fingerprint density at radius 3 is 0.635 bits per heavy atom. The van der Waals surface area contributed by atoms with E-state index in [2.05, 4.69) is 20.8 Å². The molecule has 0 aromatic carbocycles. The van der Waals surface area contributed by atoms with Crippen LogP contribution in [0, 0.1) is 0 Å². The topological polar surface area (TPSA) is 78.9 Å². The molecule has 0 spiro atoms. The Hall–Kier alpha value is -1.59. The first-order chi connectivity index (χ1) is 31.0. The van der Waals surface area contributed by atoms with E-state index in [1.165, 1.54) is 231 Å². The molecule has 6 heteroatoms. The molecule has 0 radical (unpaired) electrons. The van der Waals surface area contributed by atoms with Crippen molar-refractivity contribution in [1.82, 2.24) is 0 Å². The van der Waals surface area contributed by atoms with Crippen LogP contribution < -0.4 is 0 Å². The molecule has 0 aromatic rings. The van der Waals surface area contributed by atoms with Crippen molar-refractivity contribution in [2.24, 2.45) is 0 Å². The van der Waals surface area contributed by atoms with Gasteiger partial charge >= 0.3 is 17.9 Å². The van der Waals surface area contributed by atoms with Crippen molar-refractivity contribution >= 4 is 17.9 Å². The van der Waals surface area contributed by atoms with E-state index < -0.39 is 6.10 Å². The maximum Gasteiger partial charge on any atom is 0.306 e. The van der Waals surface area contributed by atoms with E-state index in [0.29, 0.717) is 19.3 Å². The fraction of sp³-hybridized carbons (Fsp3) is 0.947. The molecule has 0 aliphatic carbocycles. The molecule has 6 nitrogen and oxygen atoms in total. The van der Waals surface area contributed by atoms with Crippen molar-refractivity contribution in [2.75, 3.05) is 13.2 Å². The van der Waals surface area contributed by atoms with Crippen LogP contribution in [0.3, 0.4) is 0 Å². The highest BCUT2D eigenvalue weighted by Gasteiger charge is 2.19. The van der Waals surface area contributed by atoms with Crippen LogP contribution in [0.2, 0.25) is 0 Å². The van der Waals surface area contributed by atoms with E-state index in [1.54, 1.807) is 0 Å². The van der Waals surface area contributed by atoms with Gasteiger partial charge in [-0.15, -0.1) is 0 Å². The van der Waals surface area contributed by atoms with Crippen LogP contribution in [-0.2, 0) is 28.6 Å². The van der Waals surface area contributed by atoms with E-state index >= 15 is 0 Å². The van der Waals surface area contributed by atoms with Crippen molar-refractivity contribution in [2.45, 2.75) is 335 Å². The lowest BCUT2D eigenvalue weighted by Crippen LogP contribution is -2.30. The van der Waals surface area contributed by atoms with Gasteiger partial charge < -0.3 is 14.2 Å². The molecule has 63 heavy (non-hydrogen) atoms. The first-order valence-electron chi connectivity index (χ1n) is 28.5. The van der Waals surface area contributed by atoms with Gasteiger partial charge in [-0.05, 0) is 19.3 Å². The Kier molecular flexibility index (Phi) is 51.7. The minimum absolute atomic E-state index is 0.0611. The number of hydrogen-bond acceptors (Lipinski definition) is 6. The molecule has 0 N–H and O–H groups in total. The summed E-state index contributed by atoms with van der Waals surface area (Å²) in [7, 11) is 0. The molecule has 374 valence electrons. The second-order valence-electron chi connectivity index (χ2n) is 19.6. The van der Waals surface area contributed by atoms with Crippen molar-refractivity contribution < 1.29 is 28.6 Å². The summed E-state index contributed by atoms with van der Waals surface area (Å²) in [6.45, 7) is 6.70. The normalized spacial score (nSPS) is 11.9. The van der Waals surface area contributed by atoms with E-state index in [9.17, 15) is 14.4 Å². The van der Waals surface area contributed by atoms with Gasteiger partial charge in [-0.1, -0.05) is 290 Å². The molecule has 0 rings (SSSR count). The Morgan fingerprint density at radius 1 is 0.254 bits per heavy atom. The molecule has 0 amide bonds. The second-order valence-corrected chi connectivity index (χ2v) is 19.6. The van der Waals surface area contributed by atoms with E-state index in [0.717, 1.165) is 57.8 Å². The molecule has 0 fully saturated rings. The van der Waals surface area contributed by atoms with Crippen molar-refractivity contribution in [3.8, 4) is 0 Å². The quantitative estimate of drug-likeness (QED) is 0.0344. The van der Waals surface area contributed by atoms with Gasteiger partial charge in [0.25, 0.3) is 0 Å². The Morgan fingerprint density at radius 2 is 0.429 bits per heavy atom. The molecule has 0 aliphatic rings. The zero-order valence-corrected chi connectivity index (χ0v) is 42.9. The van der Waals surface area contributed by atoms with Gasteiger partial charge in [0.15, 0.2) is 6.10 Å². The summed E-state index contributed by atoms with van der Waals surface area (Å²) in [5.41, 5.74) is 0. The zero-order chi connectivity index (χ0) is 45.8. The first-order valence-corrected chi connectivity index (χ1v) is 28.5. The predicted octanol–water partition coefficient (Wildman–Crippen LogP) is 18.8. The highest BCUT2D eigenvalue weighted by molar-refractivity contribution is 5.71. The van der Waals surface area contributed by atoms with Crippen LogP contribution in [0.15, 0.2) is 0 Å². The number of hydrogen-bond donors (Lipinski definition) is 0. The number of carbonyl (C=O) groups excluding carboxylic acids is 3. The molecular formula is C57H110O6. The maximum absolute atomic E-state index is 12.8. The third kappa shape index (κ3) is 51.3. The zero-order valence-electron chi connectivity index (χ0n) is 42.9. The number of esters is 3. The fourth-order valence-electron chi connectivity index (χ4n) is 8.80. The molecule has 0 aromatic heterocycles. The van der Waals surface area contributed by atoms with Gasteiger partial charge in [-0.25, -0.2) is 0 Å². The van der Waals surface area contributed by atoms with Gasteiger partial charge in [0, 0.05) is 19.3 Å². The lowest BCUT2D eigenvalue weighted by atomic mass is 10.0. The van der Waals surface area contributed by atoms with E-state index in [4.69, 9.17) is 14.2 Å². The van der Waals surface area contributed by atoms with Crippen LogP contribution in [0.25, 0.3) is 0 Å². The monoisotopic (exact) mass is 891 g/mol. The highest BCUT2D eigenvalue weighted by Crippen LogP contribution is 2.17. The van der Waals surface area contributed by atoms with Gasteiger partial charge in [-0.2, -0.15) is 0 Å². The Balaban J connectivity index is 4.29. The second kappa shape index (κ2) is 53.0. The van der Waals surface area contributed by atoms with Gasteiger partial charge in [0.05, 0.1) is 0 Å². The van der Waals surface area contributed by atoms with Crippen molar-refractivity contribution in [3.05, 3.63) is 0 Å². The lowest BCUT2D eigenvalue weighted by molar-refractivity contribution is -0.167. The summed E-state index contributed by atoms with van der Waals surface area (Å²) in [5, 5.41) is 0. The van der Waals surface area contributed by atoms with Crippen molar-refractivity contribution in [3.63, 3.8) is 0 Å². The molecule has 0 bridgehead atoms. The standard InChI is InChI=1S/C57H110O6/c1-4-7-10-13-16-19-22-25-27-28-30-33-36-39-42-45-48-51-57(60)63-54(52-61-55(58)49-46-43-40-37-34-31-24-21-18-15-12-9-6-3)53-62-56(59)50-47-44-41-38-35-32-29-26-23-20-17-14-11-8-5-2/h54H,4-53H2,1-3H3/t54-/m1/s1. The third-order valence-corrected chi connectivity index (χ3v) is 13.1. The molecule has 0 saturated carbocycles. The summed E-state index contributed by atoms with van der Waals surface area (Å²) in [4.78, 5) is 38.1. The fourth-order valence-corrected chi connectivity index (χ4v) is 8.80. The van der Waals surface area contributed by atoms with Crippen molar-refractivity contribution in [1.29, 1.82) is 0 Å². The minimum atomic E-state index is -0.760. The van der Waals surface area contributed by atoms with Crippen LogP contribution in [0.5, 0.6) is 0 Å². The average molecular weight is 892 g/mol. The molecular weight excluding hydrogens is 781 g/mol. The SMILES string of the molecule is CCCCCCCCCCCCCCCCCCCC(=O)O[C@H](COC(=O)CCCCCCCCCCCCCCC)COC(=O)CCCCCCCCCCCCCCCCC. The number of unbranched alkanes of at least 4 members (excludes halogenated alkanes) is 42. The first kappa shape index (κ1) is 61.4. The summed E-state index contributed by atoms with van der Waals surface area (Å²) in [6, 6.07) is 0. The lowest BCUT2D eigenvalue weighted by Gasteiger charge is -2.18. The molecule has 0 unspecified atom stereocenters. The van der Waals surface area contributed by atoms with Gasteiger partial charge in [-0.3, -0.25) is 14.4 Å². The van der Waals surface area contributed by atoms with Gasteiger partial charge in [0.1, 0.15) is 13.2 Å². The smallest absolute Gasteiger partial charge is 0.306 e. The Labute approximate surface area is 393 Å². The molecule has 0 aliphatic heterocycles. The molecule has 0 heterocycles. The summed E-state index contributed by atoms with van der Waals surface area (Å²) >= 11 is 0. The number of carbonyl (C=O) groups is 3. The highest BCUT2D eigenvalue weighted by atomic mass is 16.6. The summed E-state index contributed by atoms with van der Waals surface area (Å²) in [5.74, 6) is -0.833. The number of rotatable bonds is 53. The summed E-state index contributed by atoms with van der Waals surface area (Å²) in [6.07, 6.45) is 58.0. The van der Waals surface area contributed by atoms with Crippen LogP contribution >= 0.6 is 0 Å². The van der Waals surface area contributed by atoms with Crippen LogP contribution in [-0.4, -0.2) is 37.2 Å². The molecule has 1 atom stereocenters. The van der Waals surface area contributed by atoms with Crippen LogP contribution in [0.4, 0.5) is 0 Å². The minimum Gasteiger partial charge on any atom is -0.462 e. The average Bonchev–Trinajstić information content (AvgIpc) is 3.28. The third-order valence-electron chi connectivity index (χ3n) is 13.1. The van der Waals surface area contributed by atoms with E-state index in [-0.39, 0.29) is 31.1 Å². The maximum atomic E-state index is 12.8. The summed E-state index contributed by atoms with van der Waals surface area (Å²) < 4.78 is 16.9. The molecule has 0 saturated heterocycles. The Bertz CT molecular complexity index is 936. The van der Waals surface area contributed by atoms with E-state index in [1.807, 2.05) is 0 Å². The predicted molar refractivity (Wildman–Crippen MR) is 270 cm³/mol. The number of ether oxygens (including phenoxy) is 3. The largest absolute Gasteiger partial charge is 0.462 e.